The molecule has 0 aromatic heterocycles. The van der Waals surface area contributed by atoms with Gasteiger partial charge < -0.3 is 23.8 Å². The number of hydrogen-bond donors (Lipinski definition) is 0. The smallest absolute Gasteiger partial charge is 0.340 e. The molecular weight excluding hydrogens is 530 g/mol. The number of carbonyl (C=O) groups is 2. The Morgan fingerprint density at radius 3 is 2.38 bits per heavy atom. The molecule has 0 saturated heterocycles. The van der Waals surface area contributed by atoms with E-state index in [9.17, 15) is 9.59 Å². The largest absolute Gasteiger partial charge is 0.489 e. The molecule has 0 saturated carbocycles. The lowest BCUT2D eigenvalue weighted by molar-refractivity contribution is -0.131. The quantitative estimate of drug-likeness (QED) is 0.171. The minimum absolute atomic E-state index is 0.351. The van der Waals surface area contributed by atoms with Crippen molar-refractivity contribution in [2.45, 2.75) is 19.1 Å². The summed E-state index contributed by atoms with van der Waals surface area (Å²) in [7, 11) is 3.95. The van der Waals surface area contributed by atoms with Gasteiger partial charge in [0.1, 0.15) is 29.6 Å². The summed E-state index contributed by atoms with van der Waals surface area (Å²) in [5, 5.41) is 1.81. The topological polar surface area (TPSA) is 74.3 Å². The average Bonchev–Trinajstić information content (AvgIpc) is 3.28. The van der Waals surface area contributed by atoms with Gasteiger partial charge in [0.25, 0.3) is 0 Å². The second-order valence-electron chi connectivity index (χ2n) is 10.6. The van der Waals surface area contributed by atoms with Crippen LogP contribution in [0, 0.1) is 0 Å². The Morgan fingerprint density at radius 2 is 1.60 bits per heavy atom. The van der Waals surface area contributed by atoms with Gasteiger partial charge in [-0.15, -0.1) is 0 Å². The summed E-state index contributed by atoms with van der Waals surface area (Å²) in [6.07, 6.45) is 0. The fraction of sp³-hybridized carbons (Fsp3) is 0.143. The third kappa shape index (κ3) is 4.05. The van der Waals surface area contributed by atoms with Gasteiger partial charge in [0.15, 0.2) is 5.60 Å². The van der Waals surface area contributed by atoms with Gasteiger partial charge >= 0.3 is 11.9 Å². The monoisotopic (exact) mass is 557 g/mol. The maximum absolute atomic E-state index is 13.2. The van der Waals surface area contributed by atoms with Gasteiger partial charge in [-0.3, -0.25) is 4.79 Å². The normalized spacial score (nSPS) is 16.2. The van der Waals surface area contributed by atoms with Crippen LogP contribution in [0.2, 0.25) is 0 Å². The fourth-order valence-electron chi connectivity index (χ4n) is 5.78. The molecule has 7 nitrogen and oxygen atoms in total. The van der Waals surface area contributed by atoms with Crippen molar-refractivity contribution in [3.05, 3.63) is 125 Å². The van der Waals surface area contributed by atoms with Crippen LogP contribution < -0.4 is 19.1 Å². The van der Waals surface area contributed by atoms with Crippen molar-refractivity contribution in [2.24, 2.45) is 0 Å². The Kier molecular flexibility index (Phi) is 5.90. The number of nitrogens with zero attached hydrogens (tertiary/aromatic N) is 1. The van der Waals surface area contributed by atoms with E-state index >= 15 is 0 Å². The van der Waals surface area contributed by atoms with Crippen LogP contribution in [0.3, 0.4) is 0 Å². The minimum Gasteiger partial charge on any atom is -0.489 e. The molecule has 0 fully saturated rings. The van der Waals surface area contributed by atoms with Gasteiger partial charge in [0.05, 0.1) is 5.56 Å². The third-order valence-electron chi connectivity index (χ3n) is 7.76. The van der Waals surface area contributed by atoms with Crippen LogP contribution in [0.1, 0.15) is 39.5 Å². The molecular formula is C35H27NO6. The second-order valence-corrected chi connectivity index (χ2v) is 10.6. The maximum Gasteiger partial charge on any atom is 0.340 e. The highest BCUT2D eigenvalue weighted by atomic mass is 16.6. The summed E-state index contributed by atoms with van der Waals surface area (Å²) in [5.41, 5.74) is 3.72. The molecule has 2 aliphatic heterocycles. The average molecular weight is 558 g/mol. The Morgan fingerprint density at radius 1 is 0.833 bits per heavy atom. The van der Waals surface area contributed by atoms with Crippen LogP contribution in [0.15, 0.2) is 97.1 Å². The summed E-state index contributed by atoms with van der Waals surface area (Å²) in [6.45, 7) is 1.72. The van der Waals surface area contributed by atoms with Crippen molar-refractivity contribution >= 4 is 28.4 Å². The molecule has 0 aliphatic carbocycles. The predicted octanol–water partition coefficient (Wildman–Crippen LogP) is 6.98. The number of carbonyl (C=O) groups excluding carboxylic acids is 2. The number of ether oxygens (including phenoxy) is 4. The van der Waals surface area contributed by atoms with Crippen LogP contribution in [-0.2, 0) is 21.7 Å². The molecule has 0 bridgehead atoms. The molecule has 0 radical (unpaired) electrons. The van der Waals surface area contributed by atoms with Gasteiger partial charge in [-0.25, -0.2) is 4.79 Å². The van der Waals surface area contributed by atoms with Crippen LogP contribution in [0.5, 0.6) is 23.0 Å². The highest BCUT2D eigenvalue weighted by molar-refractivity contribution is 5.99. The van der Waals surface area contributed by atoms with E-state index in [1.54, 1.807) is 12.1 Å². The molecule has 7 heteroatoms. The number of benzene rings is 5. The van der Waals surface area contributed by atoms with Crippen molar-refractivity contribution in [3.63, 3.8) is 0 Å². The van der Waals surface area contributed by atoms with E-state index in [2.05, 4.69) is 0 Å². The van der Waals surface area contributed by atoms with Crippen LogP contribution in [0.25, 0.3) is 10.8 Å². The zero-order valence-electron chi connectivity index (χ0n) is 23.3. The molecule has 0 amide bonds. The zero-order chi connectivity index (χ0) is 29.0. The van der Waals surface area contributed by atoms with E-state index in [1.165, 1.54) is 6.92 Å². The first-order valence-corrected chi connectivity index (χ1v) is 13.6. The van der Waals surface area contributed by atoms with E-state index in [0.717, 1.165) is 38.7 Å². The molecule has 1 unspecified atom stereocenters. The SMILES string of the molecule is CC(=O)Oc1ccc(COc2ccc3c4c(ccc3c2)C2(OC(=O)c3ccccc32)c2ccc(N(C)C)cc2O4)cc1. The van der Waals surface area contributed by atoms with Crippen molar-refractivity contribution in [1.82, 2.24) is 0 Å². The van der Waals surface area contributed by atoms with E-state index in [1.807, 2.05) is 104 Å². The van der Waals surface area contributed by atoms with E-state index in [0.29, 0.717) is 35.2 Å². The highest BCUT2D eigenvalue weighted by Crippen LogP contribution is 2.58. The summed E-state index contributed by atoms with van der Waals surface area (Å²) >= 11 is 0. The van der Waals surface area contributed by atoms with E-state index in [4.69, 9.17) is 18.9 Å². The molecule has 5 aromatic rings. The van der Waals surface area contributed by atoms with Gasteiger partial charge in [-0.05, 0) is 65.5 Å². The molecule has 2 heterocycles. The summed E-state index contributed by atoms with van der Waals surface area (Å²) in [6, 6.07) is 30.6. The maximum atomic E-state index is 13.2. The molecule has 1 spiro atoms. The van der Waals surface area contributed by atoms with Crippen LogP contribution in [0.4, 0.5) is 5.69 Å². The van der Waals surface area contributed by atoms with Gasteiger partial charge in [-0.2, -0.15) is 0 Å². The van der Waals surface area contributed by atoms with Crippen molar-refractivity contribution < 1.29 is 28.5 Å². The Hall–Kier alpha value is -5.30. The highest BCUT2D eigenvalue weighted by Gasteiger charge is 2.53. The van der Waals surface area contributed by atoms with Crippen molar-refractivity contribution in [3.8, 4) is 23.0 Å². The van der Waals surface area contributed by atoms with Gasteiger partial charge in [0, 0.05) is 54.8 Å². The standard InChI is InChI=1S/C35H27NO6/c1-21(37)40-25-12-8-22(9-13-25)20-39-26-14-15-27-23(18-26)10-16-31-33(27)41-32-19-24(36(2)3)11-17-30(32)35(31)29-7-5-4-6-28(29)34(38)42-35/h4-19H,20H2,1-3H3. The predicted molar refractivity (Wildman–Crippen MR) is 159 cm³/mol. The lowest BCUT2D eigenvalue weighted by atomic mass is 9.77. The lowest BCUT2D eigenvalue weighted by Crippen LogP contribution is -2.33. The molecule has 1 atom stereocenters. The minimum atomic E-state index is -1.12. The number of esters is 2. The molecule has 42 heavy (non-hydrogen) atoms. The molecule has 7 rings (SSSR count). The molecule has 0 N–H and O–H groups in total. The lowest BCUT2D eigenvalue weighted by Gasteiger charge is -2.37. The summed E-state index contributed by atoms with van der Waals surface area (Å²) in [4.78, 5) is 26.4. The van der Waals surface area contributed by atoms with Crippen LogP contribution in [-0.4, -0.2) is 26.0 Å². The number of anilines is 1. The number of hydrogen-bond acceptors (Lipinski definition) is 7. The van der Waals surface area contributed by atoms with Crippen LogP contribution >= 0.6 is 0 Å². The van der Waals surface area contributed by atoms with E-state index in [-0.39, 0.29) is 11.9 Å². The molecule has 2 aliphatic rings. The van der Waals surface area contributed by atoms with Crippen molar-refractivity contribution in [2.75, 3.05) is 19.0 Å². The zero-order valence-corrected chi connectivity index (χ0v) is 23.3. The Bertz CT molecular complexity index is 1890. The van der Waals surface area contributed by atoms with Crippen molar-refractivity contribution in [1.29, 1.82) is 0 Å². The summed E-state index contributed by atoms with van der Waals surface area (Å²) in [5.74, 6) is 1.77. The first-order valence-electron chi connectivity index (χ1n) is 13.6. The Balaban J connectivity index is 1.29. The second kappa shape index (κ2) is 9.66. The first kappa shape index (κ1) is 25.7. The van der Waals surface area contributed by atoms with Gasteiger partial charge in [0.2, 0.25) is 0 Å². The number of rotatable bonds is 5. The summed E-state index contributed by atoms with van der Waals surface area (Å²) < 4.78 is 24.1. The van der Waals surface area contributed by atoms with E-state index < -0.39 is 5.60 Å². The van der Waals surface area contributed by atoms with Gasteiger partial charge in [-0.1, -0.05) is 36.4 Å². The third-order valence-corrected chi connectivity index (χ3v) is 7.76. The molecule has 208 valence electrons. The first-order chi connectivity index (χ1) is 20.3. The Labute approximate surface area is 242 Å². The fourth-order valence-corrected chi connectivity index (χ4v) is 5.78. The number of fused-ring (bicyclic) bond motifs is 8. The molecule has 5 aromatic carbocycles.